The van der Waals surface area contributed by atoms with Crippen molar-refractivity contribution in [3.05, 3.63) is 82.5 Å². The standard InChI is InChI=1S/C22H18BrNO3/c1-14-12-22(27-21(14)25,17-8-10-18(23)11-9-17)13-26-19-5-3-4-16-7-6-15(2)24-20(16)19/h3-11H,1,12-13H2,2H3. The Morgan fingerprint density at radius 3 is 2.67 bits per heavy atom. The summed E-state index contributed by atoms with van der Waals surface area (Å²) in [6.07, 6.45) is 0.394. The lowest BCUT2D eigenvalue weighted by Crippen LogP contribution is -2.33. The summed E-state index contributed by atoms with van der Waals surface area (Å²) in [6.45, 7) is 5.97. The third-order valence-corrected chi connectivity index (χ3v) is 5.26. The van der Waals surface area contributed by atoms with Gasteiger partial charge in [-0.3, -0.25) is 0 Å². The van der Waals surface area contributed by atoms with Crippen LogP contribution < -0.4 is 4.74 Å². The Morgan fingerprint density at radius 1 is 1.19 bits per heavy atom. The first-order chi connectivity index (χ1) is 13.0. The van der Waals surface area contributed by atoms with Crippen LogP contribution in [0, 0.1) is 6.92 Å². The Morgan fingerprint density at radius 2 is 1.96 bits per heavy atom. The van der Waals surface area contributed by atoms with Crippen molar-refractivity contribution in [3.63, 3.8) is 0 Å². The average molecular weight is 424 g/mol. The molecule has 4 nitrogen and oxygen atoms in total. The molecule has 1 saturated heterocycles. The Labute approximate surface area is 166 Å². The molecule has 5 heteroatoms. The second kappa shape index (κ2) is 6.82. The molecule has 0 radical (unpaired) electrons. The molecule has 2 heterocycles. The molecule has 0 bridgehead atoms. The number of hydrogen-bond donors (Lipinski definition) is 0. The third-order valence-electron chi connectivity index (χ3n) is 4.73. The topological polar surface area (TPSA) is 48.4 Å². The van der Waals surface area contributed by atoms with Gasteiger partial charge in [0.05, 0.1) is 0 Å². The van der Waals surface area contributed by atoms with Gasteiger partial charge in [-0.1, -0.05) is 52.8 Å². The Balaban J connectivity index is 1.70. The van der Waals surface area contributed by atoms with E-state index in [0.29, 0.717) is 17.7 Å². The molecule has 0 aliphatic carbocycles. The van der Waals surface area contributed by atoms with E-state index in [-0.39, 0.29) is 12.6 Å². The molecule has 2 aromatic carbocycles. The summed E-state index contributed by atoms with van der Waals surface area (Å²) >= 11 is 3.44. The highest BCUT2D eigenvalue weighted by atomic mass is 79.9. The van der Waals surface area contributed by atoms with Crippen LogP contribution in [0.3, 0.4) is 0 Å². The number of carbonyl (C=O) groups excluding carboxylic acids is 1. The quantitative estimate of drug-likeness (QED) is 0.433. The lowest BCUT2D eigenvalue weighted by atomic mass is 9.90. The van der Waals surface area contributed by atoms with Crippen LogP contribution in [0.1, 0.15) is 17.7 Å². The summed E-state index contributed by atoms with van der Waals surface area (Å²) in [5, 5.41) is 1.00. The van der Waals surface area contributed by atoms with Gasteiger partial charge in [0.15, 0.2) is 5.60 Å². The van der Waals surface area contributed by atoms with E-state index in [4.69, 9.17) is 9.47 Å². The van der Waals surface area contributed by atoms with Gasteiger partial charge in [-0.2, -0.15) is 0 Å². The molecule has 1 atom stereocenters. The molecule has 0 N–H and O–H groups in total. The first-order valence-electron chi connectivity index (χ1n) is 8.63. The van der Waals surface area contributed by atoms with Crippen LogP contribution in [0.15, 0.2) is 71.2 Å². The molecule has 136 valence electrons. The minimum atomic E-state index is -0.888. The monoisotopic (exact) mass is 423 g/mol. The Bertz CT molecular complexity index is 1030. The van der Waals surface area contributed by atoms with Crippen molar-refractivity contribution in [2.75, 3.05) is 6.61 Å². The fourth-order valence-corrected chi connectivity index (χ4v) is 3.57. The van der Waals surface area contributed by atoms with Crippen LogP contribution in [0.2, 0.25) is 0 Å². The van der Waals surface area contributed by atoms with E-state index >= 15 is 0 Å². The van der Waals surface area contributed by atoms with E-state index in [9.17, 15) is 4.79 Å². The lowest BCUT2D eigenvalue weighted by molar-refractivity contribution is -0.150. The molecule has 0 amide bonds. The first kappa shape index (κ1) is 17.7. The zero-order valence-electron chi connectivity index (χ0n) is 14.9. The number of esters is 1. The number of ether oxygens (including phenoxy) is 2. The summed E-state index contributed by atoms with van der Waals surface area (Å²) in [5.41, 5.74) is 2.16. The second-order valence-corrected chi connectivity index (χ2v) is 7.66. The number of benzene rings is 2. The van der Waals surface area contributed by atoms with Gasteiger partial charge in [-0.25, -0.2) is 9.78 Å². The zero-order valence-corrected chi connectivity index (χ0v) is 16.5. The van der Waals surface area contributed by atoms with Crippen molar-refractivity contribution in [1.82, 2.24) is 4.98 Å². The van der Waals surface area contributed by atoms with Gasteiger partial charge in [0.25, 0.3) is 0 Å². The number of cyclic esters (lactones) is 1. The maximum absolute atomic E-state index is 12.1. The molecular formula is C22H18BrNO3. The van der Waals surface area contributed by atoms with Gasteiger partial charge in [0.2, 0.25) is 0 Å². The maximum Gasteiger partial charge on any atom is 0.334 e. The number of carbonyl (C=O) groups is 1. The van der Waals surface area contributed by atoms with Crippen LogP contribution in [-0.2, 0) is 15.1 Å². The fraction of sp³-hybridized carbons (Fsp3) is 0.182. The number of fused-ring (bicyclic) bond motifs is 1. The minimum Gasteiger partial charge on any atom is -0.487 e. The van der Waals surface area contributed by atoms with E-state index in [1.165, 1.54) is 0 Å². The number of para-hydroxylation sites is 1. The molecule has 1 aliphatic rings. The highest BCUT2D eigenvalue weighted by molar-refractivity contribution is 9.10. The van der Waals surface area contributed by atoms with Crippen molar-refractivity contribution in [2.24, 2.45) is 0 Å². The van der Waals surface area contributed by atoms with E-state index < -0.39 is 5.60 Å². The smallest absolute Gasteiger partial charge is 0.334 e. The molecule has 1 fully saturated rings. The Kier molecular flexibility index (Phi) is 4.48. The molecule has 0 saturated carbocycles. The fourth-order valence-electron chi connectivity index (χ4n) is 3.31. The van der Waals surface area contributed by atoms with Gasteiger partial charge in [-0.15, -0.1) is 0 Å². The van der Waals surface area contributed by atoms with Crippen LogP contribution in [-0.4, -0.2) is 17.6 Å². The van der Waals surface area contributed by atoms with E-state index in [0.717, 1.165) is 26.6 Å². The molecule has 1 aliphatic heterocycles. The van der Waals surface area contributed by atoms with Crippen LogP contribution >= 0.6 is 15.9 Å². The van der Waals surface area contributed by atoms with E-state index in [1.54, 1.807) is 0 Å². The van der Waals surface area contributed by atoms with E-state index in [1.807, 2.05) is 61.5 Å². The highest BCUT2D eigenvalue weighted by Crippen LogP contribution is 2.40. The minimum absolute atomic E-state index is 0.189. The van der Waals surface area contributed by atoms with Crippen molar-refractivity contribution in [2.45, 2.75) is 18.9 Å². The first-order valence-corrected chi connectivity index (χ1v) is 9.42. The largest absolute Gasteiger partial charge is 0.487 e. The van der Waals surface area contributed by atoms with Gasteiger partial charge in [-0.05, 0) is 36.8 Å². The van der Waals surface area contributed by atoms with Crippen molar-refractivity contribution in [1.29, 1.82) is 0 Å². The summed E-state index contributed by atoms with van der Waals surface area (Å²) in [7, 11) is 0. The van der Waals surface area contributed by atoms with Crippen LogP contribution in [0.4, 0.5) is 0 Å². The van der Waals surface area contributed by atoms with Crippen molar-refractivity contribution < 1.29 is 14.3 Å². The van der Waals surface area contributed by atoms with Crippen LogP contribution in [0.25, 0.3) is 10.9 Å². The highest BCUT2D eigenvalue weighted by Gasteiger charge is 2.45. The summed E-state index contributed by atoms with van der Waals surface area (Å²) in [5.74, 6) is 0.287. The normalized spacial score (nSPS) is 19.3. The maximum atomic E-state index is 12.1. The molecule has 4 rings (SSSR count). The number of aromatic nitrogens is 1. The van der Waals surface area contributed by atoms with Crippen LogP contribution in [0.5, 0.6) is 5.75 Å². The van der Waals surface area contributed by atoms with Crippen molar-refractivity contribution >= 4 is 32.8 Å². The molecular weight excluding hydrogens is 406 g/mol. The van der Waals surface area contributed by atoms with E-state index in [2.05, 4.69) is 27.5 Å². The van der Waals surface area contributed by atoms with Gasteiger partial charge < -0.3 is 9.47 Å². The average Bonchev–Trinajstić information content (AvgIpc) is 2.95. The molecule has 1 unspecified atom stereocenters. The predicted molar refractivity (Wildman–Crippen MR) is 108 cm³/mol. The second-order valence-electron chi connectivity index (χ2n) is 6.74. The zero-order chi connectivity index (χ0) is 19.0. The van der Waals surface area contributed by atoms with Gasteiger partial charge >= 0.3 is 5.97 Å². The third kappa shape index (κ3) is 3.35. The summed E-state index contributed by atoms with van der Waals surface area (Å²) in [6, 6.07) is 17.5. The number of rotatable bonds is 4. The molecule has 0 spiro atoms. The number of pyridine rings is 1. The number of nitrogens with zero attached hydrogens (tertiary/aromatic N) is 1. The molecule has 27 heavy (non-hydrogen) atoms. The predicted octanol–water partition coefficient (Wildman–Crippen LogP) is 5.08. The SMILES string of the molecule is C=C1CC(COc2cccc3ccc(C)nc23)(c2ccc(Br)cc2)OC1=O. The van der Waals surface area contributed by atoms with Gasteiger partial charge in [0.1, 0.15) is 17.9 Å². The Hall–Kier alpha value is -2.66. The summed E-state index contributed by atoms with van der Waals surface area (Å²) < 4.78 is 12.9. The molecule has 3 aromatic rings. The summed E-state index contributed by atoms with van der Waals surface area (Å²) in [4.78, 5) is 16.7. The molecule has 1 aromatic heterocycles. The van der Waals surface area contributed by atoms with Crippen molar-refractivity contribution in [3.8, 4) is 5.75 Å². The number of hydrogen-bond acceptors (Lipinski definition) is 4. The van der Waals surface area contributed by atoms with Gasteiger partial charge in [0, 0.05) is 27.5 Å². The lowest BCUT2D eigenvalue weighted by Gasteiger charge is -2.28. The number of halogens is 1. The number of aryl methyl sites for hydroxylation is 1.